The molecule has 28 heavy (non-hydrogen) atoms. The van der Waals surface area contributed by atoms with Gasteiger partial charge in [-0.05, 0) is 62.8 Å². The van der Waals surface area contributed by atoms with Crippen molar-refractivity contribution in [3.8, 4) is 0 Å². The molecule has 4 nitrogen and oxygen atoms in total. The summed E-state index contributed by atoms with van der Waals surface area (Å²) in [5.41, 5.74) is 3.32. The molecule has 1 aromatic carbocycles. The number of aromatic nitrogens is 2. The molecule has 0 amide bonds. The molecule has 5 heteroatoms. The van der Waals surface area contributed by atoms with Gasteiger partial charge in [0, 0.05) is 54.4 Å². The monoisotopic (exact) mass is 394 g/mol. The largest absolute Gasteiger partial charge is 0.302 e. The molecule has 3 aromatic rings. The van der Waals surface area contributed by atoms with Crippen LogP contribution in [0.25, 0.3) is 10.9 Å². The Morgan fingerprint density at radius 3 is 2.93 bits per heavy atom. The van der Waals surface area contributed by atoms with E-state index in [1.807, 2.05) is 30.5 Å². The van der Waals surface area contributed by atoms with Crippen LogP contribution in [0.5, 0.6) is 0 Å². The first-order valence-electron chi connectivity index (χ1n) is 10.0. The molecule has 0 aliphatic carbocycles. The molecular formula is C23H27ClN4. The van der Waals surface area contributed by atoms with Gasteiger partial charge in [0.15, 0.2) is 0 Å². The summed E-state index contributed by atoms with van der Waals surface area (Å²) in [5.74, 6) is 0. The maximum Gasteiger partial charge on any atom is 0.0706 e. The third-order valence-corrected chi connectivity index (χ3v) is 5.88. The van der Waals surface area contributed by atoms with Crippen molar-refractivity contribution < 1.29 is 0 Å². The number of hydrogen-bond acceptors (Lipinski definition) is 4. The summed E-state index contributed by atoms with van der Waals surface area (Å²) in [4.78, 5) is 14.3. The Balaban J connectivity index is 1.35. The third kappa shape index (κ3) is 4.88. The molecule has 1 saturated heterocycles. The van der Waals surface area contributed by atoms with E-state index in [9.17, 15) is 0 Å². The molecule has 1 aliphatic heterocycles. The second-order valence-corrected chi connectivity index (χ2v) is 8.16. The number of likely N-dealkylation sites (N-methyl/N-ethyl adjacent to an activating group) is 1. The normalized spacial score (nSPS) is 18.0. The molecule has 0 N–H and O–H groups in total. The van der Waals surface area contributed by atoms with Gasteiger partial charge >= 0.3 is 0 Å². The van der Waals surface area contributed by atoms with E-state index in [1.165, 1.54) is 18.5 Å². The average molecular weight is 395 g/mol. The van der Waals surface area contributed by atoms with E-state index in [2.05, 4.69) is 46.1 Å². The Morgan fingerprint density at radius 2 is 2.07 bits per heavy atom. The highest BCUT2D eigenvalue weighted by Gasteiger charge is 2.23. The number of piperidine rings is 1. The first kappa shape index (κ1) is 19.3. The van der Waals surface area contributed by atoms with Crippen LogP contribution in [0.4, 0.5) is 0 Å². The van der Waals surface area contributed by atoms with Crippen molar-refractivity contribution in [2.24, 2.45) is 0 Å². The van der Waals surface area contributed by atoms with Gasteiger partial charge in [-0.2, -0.15) is 0 Å². The Bertz CT molecular complexity index is 915. The zero-order valence-electron chi connectivity index (χ0n) is 16.4. The topological polar surface area (TPSA) is 32.3 Å². The molecule has 4 rings (SSSR count). The zero-order chi connectivity index (χ0) is 19.3. The second-order valence-electron chi connectivity index (χ2n) is 7.72. The summed E-state index contributed by atoms with van der Waals surface area (Å²) >= 11 is 6.08. The van der Waals surface area contributed by atoms with Crippen molar-refractivity contribution in [2.45, 2.75) is 31.8 Å². The number of likely N-dealkylation sites (tertiary alicyclic amines) is 1. The Kier molecular flexibility index (Phi) is 6.20. The first-order chi connectivity index (χ1) is 13.7. The van der Waals surface area contributed by atoms with Gasteiger partial charge in [0.25, 0.3) is 0 Å². The lowest BCUT2D eigenvalue weighted by molar-refractivity contribution is 0.111. The summed E-state index contributed by atoms with van der Waals surface area (Å²) in [7, 11) is 2.25. The fourth-order valence-corrected chi connectivity index (χ4v) is 4.19. The Labute approximate surface area is 172 Å². The summed E-state index contributed by atoms with van der Waals surface area (Å²) in [6, 6.07) is 16.9. The number of fused-ring (bicyclic) bond motifs is 1. The lowest BCUT2D eigenvalue weighted by Gasteiger charge is -2.37. The van der Waals surface area contributed by atoms with Crippen molar-refractivity contribution in [2.75, 3.05) is 26.7 Å². The van der Waals surface area contributed by atoms with Gasteiger partial charge in [-0.25, -0.2) is 0 Å². The van der Waals surface area contributed by atoms with Crippen LogP contribution in [0.1, 0.15) is 24.2 Å². The maximum absolute atomic E-state index is 6.08. The summed E-state index contributed by atoms with van der Waals surface area (Å²) in [6.07, 6.45) is 5.38. The predicted octanol–water partition coefficient (Wildman–Crippen LogP) is 4.42. The van der Waals surface area contributed by atoms with Crippen LogP contribution >= 0.6 is 11.6 Å². The minimum Gasteiger partial charge on any atom is -0.302 e. The molecule has 1 aliphatic rings. The van der Waals surface area contributed by atoms with Crippen molar-refractivity contribution in [1.82, 2.24) is 19.8 Å². The molecular weight excluding hydrogens is 368 g/mol. The minimum absolute atomic E-state index is 0.594. The number of nitrogens with zero attached hydrogens (tertiary/aromatic N) is 4. The molecule has 0 radical (unpaired) electrons. The SMILES string of the molecule is CN(CCc1ccccn1)C1CCCN(Cc2ccc3cc(Cl)ccc3n2)C1. The van der Waals surface area contributed by atoms with Gasteiger partial charge in [0.2, 0.25) is 0 Å². The number of benzene rings is 1. The van der Waals surface area contributed by atoms with Crippen LogP contribution in [0.15, 0.2) is 54.7 Å². The average Bonchev–Trinajstić information content (AvgIpc) is 2.73. The number of hydrogen-bond donors (Lipinski definition) is 0. The molecule has 2 aromatic heterocycles. The third-order valence-electron chi connectivity index (χ3n) is 5.65. The van der Waals surface area contributed by atoms with Crippen LogP contribution < -0.4 is 0 Å². The van der Waals surface area contributed by atoms with Gasteiger partial charge in [-0.1, -0.05) is 23.7 Å². The zero-order valence-corrected chi connectivity index (χ0v) is 17.1. The standard InChI is InChI=1S/C23H27ClN4/c1-27(14-11-20-5-2-3-12-25-20)22-6-4-13-28(17-22)16-21-9-7-18-15-19(24)8-10-23(18)26-21/h2-3,5,7-10,12,15,22H,4,6,11,13-14,16-17H2,1H3. The molecule has 3 heterocycles. The first-order valence-corrected chi connectivity index (χ1v) is 10.4. The fraction of sp³-hybridized carbons (Fsp3) is 0.391. The highest BCUT2D eigenvalue weighted by Crippen LogP contribution is 2.21. The quantitative estimate of drug-likeness (QED) is 0.619. The van der Waals surface area contributed by atoms with E-state index in [0.717, 1.165) is 54.2 Å². The van der Waals surface area contributed by atoms with E-state index < -0.39 is 0 Å². The Hall–Kier alpha value is -2.01. The van der Waals surface area contributed by atoms with Crippen molar-refractivity contribution in [3.63, 3.8) is 0 Å². The number of pyridine rings is 2. The van der Waals surface area contributed by atoms with Crippen LogP contribution in [0.2, 0.25) is 5.02 Å². The number of halogens is 1. The van der Waals surface area contributed by atoms with E-state index in [1.54, 1.807) is 0 Å². The molecule has 1 fully saturated rings. The molecule has 0 saturated carbocycles. The lowest BCUT2D eigenvalue weighted by Crippen LogP contribution is -2.46. The molecule has 0 bridgehead atoms. The molecule has 0 spiro atoms. The molecule has 1 unspecified atom stereocenters. The van der Waals surface area contributed by atoms with E-state index in [0.29, 0.717) is 6.04 Å². The van der Waals surface area contributed by atoms with Crippen LogP contribution in [-0.2, 0) is 13.0 Å². The number of rotatable bonds is 6. The molecule has 1 atom stereocenters. The van der Waals surface area contributed by atoms with Crippen LogP contribution in [0.3, 0.4) is 0 Å². The lowest BCUT2D eigenvalue weighted by atomic mass is 10.0. The highest BCUT2D eigenvalue weighted by molar-refractivity contribution is 6.31. The Morgan fingerprint density at radius 1 is 1.14 bits per heavy atom. The van der Waals surface area contributed by atoms with E-state index in [4.69, 9.17) is 16.6 Å². The highest BCUT2D eigenvalue weighted by atomic mass is 35.5. The summed E-state index contributed by atoms with van der Waals surface area (Å²) < 4.78 is 0. The smallest absolute Gasteiger partial charge is 0.0706 e. The van der Waals surface area contributed by atoms with Gasteiger partial charge < -0.3 is 4.90 Å². The van der Waals surface area contributed by atoms with Gasteiger partial charge in [0.1, 0.15) is 0 Å². The maximum atomic E-state index is 6.08. The predicted molar refractivity (Wildman–Crippen MR) is 116 cm³/mol. The minimum atomic E-state index is 0.594. The van der Waals surface area contributed by atoms with Crippen LogP contribution in [0, 0.1) is 0 Å². The van der Waals surface area contributed by atoms with Crippen molar-refractivity contribution in [1.29, 1.82) is 0 Å². The fourth-order valence-electron chi connectivity index (χ4n) is 4.01. The second kappa shape index (κ2) is 8.99. The van der Waals surface area contributed by atoms with Crippen LogP contribution in [-0.4, -0.2) is 52.5 Å². The molecule has 146 valence electrons. The summed E-state index contributed by atoms with van der Waals surface area (Å²) in [6.45, 7) is 4.19. The van der Waals surface area contributed by atoms with E-state index >= 15 is 0 Å². The van der Waals surface area contributed by atoms with Gasteiger partial charge in [-0.15, -0.1) is 0 Å². The van der Waals surface area contributed by atoms with Gasteiger partial charge in [-0.3, -0.25) is 14.9 Å². The summed E-state index contributed by atoms with van der Waals surface area (Å²) in [5, 5.41) is 1.86. The van der Waals surface area contributed by atoms with E-state index in [-0.39, 0.29) is 0 Å². The van der Waals surface area contributed by atoms with Crippen molar-refractivity contribution in [3.05, 3.63) is 71.1 Å². The van der Waals surface area contributed by atoms with Crippen molar-refractivity contribution >= 4 is 22.5 Å². The van der Waals surface area contributed by atoms with Gasteiger partial charge in [0.05, 0.1) is 11.2 Å².